The number of sulfonamides is 1. The Morgan fingerprint density at radius 3 is 2.61 bits per heavy atom. The zero-order chi connectivity index (χ0) is 23.3. The first-order chi connectivity index (χ1) is 14.5. The van der Waals surface area contributed by atoms with Gasteiger partial charge in [0.15, 0.2) is 0 Å². The van der Waals surface area contributed by atoms with Gasteiger partial charge in [0.1, 0.15) is 16.7 Å². The summed E-state index contributed by atoms with van der Waals surface area (Å²) in [5.41, 5.74) is 0.822. The van der Waals surface area contributed by atoms with Crippen molar-refractivity contribution < 1.29 is 23.1 Å². The molecule has 0 saturated heterocycles. The van der Waals surface area contributed by atoms with Crippen LogP contribution in [-0.4, -0.2) is 93.1 Å². The van der Waals surface area contributed by atoms with Crippen LogP contribution in [0.4, 0.5) is 0 Å². The van der Waals surface area contributed by atoms with Crippen LogP contribution in [0.1, 0.15) is 26.3 Å². The Labute approximate surface area is 186 Å². The third-order valence-corrected chi connectivity index (χ3v) is 7.40. The van der Waals surface area contributed by atoms with Crippen molar-refractivity contribution in [3.8, 4) is 5.75 Å². The van der Waals surface area contributed by atoms with Crippen molar-refractivity contribution in [2.75, 3.05) is 47.4 Å². The van der Waals surface area contributed by atoms with Crippen molar-refractivity contribution in [1.29, 1.82) is 0 Å². The molecule has 1 aromatic carbocycles. The van der Waals surface area contributed by atoms with Gasteiger partial charge in [-0.05, 0) is 45.6 Å². The number of benzene rings is 1. The molecule has 1 amide bonds. The van der Waals surface area contributed by atoms with Crippen LogP contribution in [0.15, 0.2) is 29.2 Å². The van der Waals surface area contributed by atoms with Gasteiger partial charge in [-0.15, -0.1) is 0 Å². The van der Waals surface area contributed by atoms with Crippen molar-refractivity contribution in [1.82, 2.24) is 14.1 Å². The van der Waals surface area contributed by atoms with Crippen molar-refractivity contribution in [2.24, 2.45) is 5.92 Å². The van der Waals surface area contributed by atoms with E-state index in [1.54, 1.807) is 42.0 Å². The number of nitrogens with zero attached hydrogens (tertiary/aromatic N) is 3. The highest BCUT2D eigenvalue weighted by atomic mass is 32.2. The average Bonchev–Trinajstić information content (AvgIpc) is 2.69. The third kappa shape index (κ3) is 6.06. The van der Waals surface area contributed by atoms with E-state index < -0.39 is 22.2 Å². The minimum absolute atomic E-state index is 0.0426. The second-order valence-corrected chi connectivity index (χ2v) is 10.3. The normalized spacial score (nSPS) is 22.5. The van der Waals surface area contributed by atoms with E-state index in [4.69, 9.17) is 4.74 Å². The number of carbonyl (C=O) groups is 1. The van der Waals surface area contributed by atoms with Gasteiger partial charge in [0.05, 0.1) is 19.7 Å². The molecule has 9 heteroatoms. The molecule has 1 aliphatic rings. The maximum Gasteiger partial charge on any atom is 0.247 e. The quantitative estimate of drug-likeness (QED) is 0.673. The molecule has 0 aliphatic carbocycles. The molecule has 174 valence electrons. The molecular formula is C22H35N3O5S. The summed E-state index contributed by atoms with van der Waals surface area (Å²) in [5.74, 6) is 0.00612. The minimum atomic E-state index is -3.87. The minimum Gasteiger partial charge on any atom is -0.487 e. The topological polar surface area (TPSA) is 90.4 Å². The summed E-state index contributed by atoms with van der Waals surface area (Å²) in [4.78, 5) is 16.0. The molecule has 0 spiro atoms. The summed E-state index contributed by atoms with van der Waals surface area (Å²) in [7, 11) is 1.52. The molecule has 0 saturated carbocycles. The Balaban J connectivity index is 2.50. The van der Waals surface area contributed by atoms with Crippen LogP contribution in [0.5, 0.6) is 5.75 Å². The van der Waals surface area contributed by atoms with Gasteiger partial charge in [0.25, 0.3) is 0 Å². The molecule has 1 aromatic rings. The van der Waals surface area contributed by atoms with Crippen molar-refractivity contribution in [3.63, 3.8) is 0 Å². The molecular weight excluding hydrogens is 418 g/mol. The lowest BCUT2D eigenvalue weighted by Crippen LogP contribution is -2.50. The number of hydrogen-bond donors (Lipinski definition) is 1. The Morgan fingerprint density at radius 2 is 2.03 bits per heavy atom. The van der Waals surface area contributed by atoms with Gasteiger partial charge >= 0.3 is 0 Å². The monoisotopic (exact) mass is 453 g/mol. The van der Waals surface area contributed by atoms with Crippen LogP contribution in [-0.2, 0) is 14.8 Å². The largest absolute Gasteiger partial charge is 0.487 e. The number of fused-ring (bicyclic) bond motifs is 1. The number of aliphatic hydroxyl groups is 1. The zero-order valence-electron chi connectivity index (χ0n) is 19.3. The fourth-order valence-corrected chi connectivity index (χ4v) is 5.34. The number of amides is 1. The molecule has 1 N–H and O–H groups in total. The number of likely N-dealkylation sites (N-methyl/N-ethyl adjacent to an activating group) is 2. The van der Waals surface area contributed by atoms with E-state index in [-0.39, 0.29) is 42.2 Å². The Bertz CT molecular complexity index is 900. The van der Waals surface area contributed by atoms with Gasteiger partial charge in [0.2, 0.25) is 15.9 Å². The summed E-state index contributed by atoms with van der Waals surface area (Å²) < 4.78 is 34.4. The molecule has 0 radical (unpaired) electrons. The number of hydrogen-bond acceptors (Lipinski definition) is 6. The molecule has 0 fully saturated rings. The molecule has 1 heterocycles. The van der Waals surface area contributed by atoms with E-state index in [2.05, 4.69) is 0 Å². The van der Waals surface area contributed by atoms with Crippen molar-refractivity contribution in [3.05, 3.63) is 29.8 Å². The van der Waals surface area contributed by atoms with E-state index in [1.807, 2.05) is 40.1 Å². The Morgan fingerprint density at radius 1 is 1.35 bits per heavy atom. The summed E-state index contributed by atoms with van der Waals surface area (Å²) in [5, 5.41) is 9.69. The zero-order valence-corrected chi connectivity index (χ0v) is 20.1. The first-order valence-corrected chi connectivity index (χ1v) is 11.9. The fourth-order valence-electron chi connectivity index (χ4n) is 3.52. The van der Waals surface area contributed by atoms with E-state index in [0.29, 0.717) is 6.54 Å². The van der Waals surface area contributed by atoms with E-state index in [0.717, 1.165) is 5.56 Å². The molecule has 0 bridgehead atoms. The second-order valence-electron chi connectivity index (χ2n) is 8.46. The maximum atomic E-state index is 13.4. The Hall–Kier alpha value is -1.94. The van der Waals surface area contributed by atoms with Gasteiger partial charge in [-0.2, -0.15) is 4.31 Å². The number of ether oxygens (including phenoxy) is 1. The van der Waals surface area contributed by atoms with Gasteiger partial charge in [-0.1, -0.05) is 25.1 Å². The highest BCUT2D eigenvalue weighted by Gasteiger charge is 2.38. The van der Waals surface area contributed by atoms with Crippen LogP contribution >= 0.6 is 0 Å². The summed E-state index contributed by atoms with van der Waals surface area (Å²) in [6.07, 6.45) is 3.32. The highest BCUT2D eigenvalue weighted by Crippen LogP contribution is 2.34. The van der Waals surface area contributed by atoms with E-state index in [1.165, 1.54) is 4.31 Å². The molecule has 31 heavy (non-hydrogen) atoms. The lowest BCUT2D eigenvalue weighted by atomic mass is 10.0. The molecule has 0 aromatic heterocycles. The lowest BCUT2D eigenvalue weighted by molar-refractivity contribution is -0.132. The number of aliphatic hydroxyl groups excluding tert-OH is 1. The first kappa shape index (κ1) is 25.3. The smallest absolute Gasteiger partial charge is 0.247 e. The standard InChI is InChI=1S/C22H35N3O5S/c1-7-8-18-9-10-21-19(11-18)30-20(13-24(6)22(27)14-23(4)5)16(2)12-25(17(3)15-26)31(21,28)29/h7-11,16-17,20,26H,12-15H2,1-6H3/b8-7+/t16-,17+,20-/m1/s1. The molecule has 8 nitrogen and oxygen atoms in total. The number of carbonyl (C=O) groups excluding carboxylic acids is 1. The van der Waals surface area contributed by atoms with Crippen LogP contribution < -0.4 is 4.74 Å². The van der Waals surface area contributed by atoms with Crippen molar-refractivity contribution in [2.45, 2.75) is 37.8 Å². The van der Waals surface area contributed by atoms with Crippen LogP contribution in [0, 0.1) is 5.92 Å². The lowest BCUT2D eigenvalue weighted by Gasteiger charge is -2.37. The highest BCUT2D eigenvalue weighted by molar-refractivity contribution is 7.89. The van der Waals surface area contributed by atoms with Gasteiger partial charge in [0, 0.05) is 25.6 Å². The SMILES string of the molecule is C/C=C/c1ccc2c(c1)O[C@H](CN(C)C(=O)CN(C)C)[C@H](C)CN([C@@H](C)CO)S2(=O)=O. The summed E-state index contributed by atoms with van der Waals surface area (Å²) in [6.45, 7) is 5.97. The van der Waals surface area contributed by atoms with Crippen LogP contribution in [0.2, 0.25) is 0 Å². The predicted molar refractivity (Wildman–Crippen MR) is 121 cm³/mol. The van der Waals surface area contributed by atoms with E-state index in [9.17, 15) is 18.3 Å². The van der Waals surface area contributed by atoms with Gasteiger partial charge in [-0.25, -0.2) is 8.42 Å². The predicted octanol–water partition coefficient (Wildman–Crippen LogP) is 1.51. The Kier molecular flexibility index (Phi) is 8.65. The number of rotatable bonds is 7. The fraction of sp³-hybridized carbons (Fsp3) is 0.591. The second kappa shape index (κ2) is 10.6. The summed E-state index contributed by atoms with van der Waals surface area (Å²) in [6, 6.07) is 4.41. The first-order valence-electron chi connectivity index (χ1n) is 10.5. The van der Waals surface area contributed by atoms with Gasteiger partial charge in [-0.3, -0.25) is 4.79 Å². The maximum absolute atomic E-state index is 13.4. The van der Waals surface area contributed by atoms with E-state index >= 15 is 0 Å². The molecule has 2 rings (SSSR count). The summed E-state index contributed by atoms with van der Waals surface area (Å²) >= 11 is 0. The number of allylic oxidation sites excluding steroid dienone is 1. The van der Waals surface area contributed by atoms with Gasteiger partial charge < -0.3 is 19.6 Å². The van der Waals surface area contributed by atoms with Crippen molar-refractivity contribution >= 4 is 22.0 Å². The molecule has 3 atom stereocenters. The van der Waals surface area contributed by atoms with Crippen LogP contribution in [0.3, 0.4) is 0 Å². The molecule has 1 aliphatic heterocycles. The third-order valence-electron chi connectivity index (χ3n) is 5.38. The van der Waals surface area contributed by atoms with Crippen LogP contribution in [0.25, 0.3) is 6.08 Å². The average molecular weight is 454 g/mol. The molecule has 0 unspecified atom stereocenters.